The lowest BCUT2D eigenvalue weighted by Crippen LogP contribution is -2.51. The van der Waals surface area contributed by atoms with Crippen LogP contribution in [0.3, 0.4) is 0 Å². The van der Waals surface area contributed by atoms with Gasteiger partial charge in [-0.3, -0.25) is 0 Å². The van der Waals surface area contributed by atoms with Crippen LogP contribution in [0.15, 0.2) is 48.7 Å². The summed E-state index contributed by atoms with van der Waals surface area (Å²) in [5, 5.41) is 13.4. The number of nitrogens with one attached hydrogen (secondary N) is 2. The highest BCUT2D eigenvalue weighted by Crippen LogP contribution is 2.31. The summed E-state index contributed by atoms with van der Waals surface area (Å²) in [6.07, 6.45) is 2.82. The van der Waals surface area contributed by atoms with Gasteiger partial charge in [-0.15, -0.1) is 0 Å². The van der Waals surface area contributed by atoms with Crippen molar-refractivity contribution < 1.29 is 23.5 Å². The van der Waals surface area contributed by atoms with Crippen LogP contribution < -0.4 is 5.32 Å². The first-order valence-electron chi connectivity index (χ1n) is 10.6. The lowest BCUT2D eigenvalue weighted by atomic mass is 9.89. The first-order valence-corrected chi connectivity index (χ1v) is 10.6. The molecule has 6 nitrogen and oxygen atoms in total. The predicted octanol–water partition coefficient (Wildman–Crippen LogP) is 4.59. The fraction of sp³-hybridized carbons (Fsp3) is 0.333. The van der Waals surface area contributed by atoms with E-state index in [9.17, 15) is 23.5 Å². The van der Waals surface area contributed by atoms with Crippen LogP contribution in [0.4, 0.5) is 13.6 Å². The maximum absolute atomic E-state index is 14.1. The number of piperidine rings is 1. The summed E-state index contributed by atoms with van der Waals surface area (Å²) in [4.78, 5) is 29.5. The number of carboxylic acid groups (broad SMARTS) is 1. The maximum Gasteiger partial charge on any atom is 0.326 e. The highest BCUT2D eigenvalue weighted by atomic mass is 19.1. The number of benzene rings is 2. The molecule has 1 aliphatic heterocycles. The molecule has 168 valence electrons. The molecule has 3 aromatic rings. The number of aromatic nitrogens is 1. The van der Waals surface area contributed by atoms with Gasteiger partial charge >= 0.3 is 12.0 Å². The van der Waals surface area contributed by atoms with Gasteiger partial charge in [0.05, 0.1) is 0 Å². The molecule has 2 atom stereocenters. The van der Waals surface area contributed by atoms with E-state index in [0.29, 0.717) is 31.5 Å². The first-order chi connectivity index (χ1) is 15.3. The number of carboxylic acids is 1. The molecule has 2 aromatic carbocycles. The zero-order chi connectivity index (χ0) is 22.8. The number of halogens is 2. The molecule has 0 saturated carbocycles. The molecule has 0 bridgehead atoms. The molecule has 2 amide bonds. The van der Waals surface area contributed by atoms with Crippen LogP contribution in [0.5, 0.6) is 0 Å². The monoisotopic (exact) mass is 441 g/mol. The van der Waals surface area contributed by atoms with E-state index < -0.39 is 35.6 Å². The van der Waals surface area contributed by atoms with Crippen molar-refractivity contribution in [3.63, 3.8) is 0 Å². The summed E-state index contributed by atoms with van der Waals surface area (Å²) < 4.78 is 27.3. The highest BCUT2D eigenvalue weighted by Gasteiger charge is 2.32. The van der Waals surface area contributed by atoms with E-state index in [1.54, 1.807) is 18.0 Å². The topological polar surface area (TPSA) is 85.4 Å². The van der Waals surface area contributed by atoms with E-state index in [0.717, 1.165) is 22.5 Å². The highest BCUT2D eigenvalue weighted by molar-refractivity contribution is 5.87. The summed E-state index contributed by atoms with van der Waals surface area (Å²) in [5.41, 5.74) is 2.17. The number of amides is 2. The third-order valence-corrected chi connectivity index (χ3v) is 6.34. The van der Waals surface area contributed by atoms with Crippen molar-refractivity contribution in [2.24, 2.45) is 0 Å². The van der Waals surface area contributed by atoms with Crippen LogP contribution in [-0.4, -0.2) is 46.1 Å². The fourth-order valence-corrected chi connectivity index (χ4v) is 4.50. The van der Waals surface area contributed by atoms with E-state index in [4.69, 9.17) is 0 Å². The Morgan fingerprint density at radius 1 is 1.16 bits per heavy atom. The van der Waals surface area contributed by atoms with Gasteiger partial charge in [0.2, 0.25) is 0 Å². The average molecular weight is 441 g/mol. The Bertz CT molecular complexity index is 1140. The van der Waals surface area contributed by atoms with Gasteiger partial charge in [-0.05, 0) is 42.0 Å². The van der Waals surface area contributed by atoms with Gasteiger partial charge in [0.25, 0.3) is 0 Å². The van der Waals surface area contributed by atoms with Crippen molar-refractivity contribution in [1.82, 2.24) is 15.2 Å². The summed E-state index contributed by atoms with van der Waals surface area (Å²) in [6, 6.07) is 9.61. The van der Waals surface area contributed by atoms with Gasteiger partial charge in [-0.2, -0.15) is 0 Å². The largest absolute Gasteiger partial charge is 0.480 e. The third kappa shape index (κ3) is 4.30. The minimum Gasteiger partial charge on any atom is -0.480 e. The maximum atomic E-state index is 14.1. The normalized spacial score (nSPS) is 16.7. The van der Waals surface area contributed by atoms with Gasteiger partial charge in [-0.1, -0.05) is 31.2 Å². The Hall–Kier alpha value is -3.42. The van der Waals surface area contributed by atoms with Gasteiger partial charge in [0.15, 0.2) is 0 Å². The zero-order valence-electron chi connectivity index (χ0n) is 17.6. The predicted molar refractivity (Wildman–Crippen MR) is 117 cm³/mol. The van der Waals surface area contributed by atoms with Gasteiger partial charge < -0.3 is 20.3 Å². The molecule has 2 heterocycles. The minimum absolute atomic E-state index is 0.111. The van der Waals surface area contributed by atoms with E-state index in [2.05, 4.69) is 10.3 Å². The van der Waals surface area contributed by atoms with Crippen LogP contribution in [0.2, 0.25) is 0 Å². The number of aromatic amines is 1. The van der Waals surface area contributed by atoms with Crippen molar-refractivity contribution in [3.05, 3.63) is 71.4 Å². The van der Waals surface area contributed by atoms with E-state index in [-0.39, 0.29) is 5.92 Å². The number of likely N-dealkylation sites (tertiary alicyclic amines) is 1. The number of nitrogens with zero attached hydrogens (tertiary/aromatic N) is 1. The summed E-state index contributed by atoms with van der Waals surface area (Å²) >= 11 is 0. The molecule has 8 heteroatoms. The number of aliphatic carboxylic acids is 1. The number of H-pyrrole nitrogens is 1. The SMILES string of the molecule is C[C@@H](c1c[nH]c2ccccc12)[C@@H](NC(=O)N1CCC(c2ccc(F)cc2F)CC1)C(=O)O. The number of carbonyl (C=O) groups is 2. The summed E-state index contributed by atoms with van der Waals surface area (Å²) in [5.74, 6) is -2.88. The van der Waals surface area contributed by atoms with Crippen LogP contribution in [0, 0.1) is 11.6 Å². The Balaban J connectivity index is 1.42. The zero-order valence-corrected chi connectivity index (χ0v) is 17.6. The minimum atomic E-state index is -1.11. The Kier molecular flexibility index (Phi) is 6.12. The molecule has 0 spiro atoms. The number of hydrogen-bond donors (Lipinski definition) is 3. The third-order valence-electron chi connectivity index (χ3n) is 6.34. The quantitative estimate of drug-likeness (QED) is 0.541. The Labute approximate surface area is 184 Å². The molecule has 1 fully saturated rings. The number of para-hydroxylation sites is 1. The first kappa shape index (κ1) is 21.8. The average Bonchev–Trinajstić information content (AvgIpc) is 3.21. The van der Waals surface area contributed by atoms with Crippen LogP contribution >= 0.6 is 0 Å². The molecule has 0 unspecified atom stereocenters. The van der Waals surface area contributed by atoms with Crippen molar-refractivity contribution in [2.75, 3.05) is 13.1 Å². The second-order valence-electron chi connectivity index (χ2n) is 8.27. The Morgan fingerprint density at radius 3 is 2.56 bits per heavy atom. The van der Waals surface area contributed by atoms with Crippen LogP contribution in [0.1, 0.15) is 42.7 Å². The smallest absolute Gasteiger partial charge is 0.326 e. The number of fused-ring (bicyclic) bond motifs is 1. The van der Waals surface area contributed by atoms with Gasteiger partial charge in [0.1, 0.15) is 17.7 Å². The van der Waals surface area contributed by atoms with E-state index >= 15 is 0 Å². The molecule has 3 N–H and O–H groups in total. The van der Waals surface area contributed by atoms with Crippen molar-refractivity contribution in [3.8, 4) is 0 Å². The lowest BCUT2D eigenvalue weighted by molar-refractivity contribution is -0.139. The second kappa shape index (κ2) is 8.98. The van der Waals surface area contributed by atoms with Crippen molar-refractivity contribution >= 4 is 22.9 Å². The summed E-state index contributed by atoms with van der Waals surface area (Å²) in [7, 11) is 0. The molecule has 1 aliphatic rings. The number of urea groups is 1. The molecule has 0 radical (unpaired) electrons. The number of hydrogen-bond acceptors (Lipinski definition) is 2. The standard InChI is InChI=1S/C24H25F2N3O3/c1-14(19-13-27-21-5-3-2-4-18(19)21)22(23(30)31)28-24(32)29-10-8-15(9-11-29)17-7-6-16(25)12-20(17)26/h2-7,12-15,22,27H,8-11H2,1H3,(H,28,32)(H,30,31)/t14-,22+/m0/s1. The molecule has 0 aliphatic carbocycles. The molecule has 32 heavy (non-hydrogen) atoms. The fourth-order valence-electron chi connectivity index (χ4n) is 4.50. The molecular formula is C24H25F2N3O3. The van der Waals surface area contributed by atoms with Gasteiger partial charge in [0, 0.05) is 42.2 Å². The van der Waals surface area contributed by atoms with Crippen molar-refractivity contribution in [2.45, 2.75) is 37.6 Å². The second-order valence-corrected chi connectivity index (χ2v) is 8.27. The molecule has 1 aromatic heterocycles. The summed E-state index contributed by atoms with van der Waals surface area (Å²) in [6.45, 7) is 2.50. The molecule has 4 rings (SSSR count). The van der Waals surface area contributed by atoms with E-state index in [1.807, 2.05) is 24.3 Å². The van der Waals surface area contributed by atoms with Crippen LogP contribution in [0.25, 0.3) is 10.9 Å². The Morgan fingerprint density at radius 2 is 1.88 bits per heavy atom. The lowest BCUT2D eigenvalue weighted by Gasteiger charge is -2.33. The van der Waals surface area contributed by atoms with E-state index in [1.165, 1.54) is 12.1 Å². The molecule has 1 saturated heterocycles. The van der Waals surface area contributed by atoms with Crippen LogP contribution in [-0.2, 0) is 4.79 Å². The number of rotatable bonds is 5. The number of carbonyl (C=O) groups excluding carboxylic acids is 1. The molecular weight excluding hydrogens is 416 g/mol. The van der Waals surface area contributed by atoms with Crippen molar-refractivity contribution in [1.29, 1.82) is 0 Å². The van der Waals surface area contributed by atoms with Gasteiger partial charge in [-0.25, -0.2) is 18.4 Å².